The van der Waals surface area contributed by atoms with Crippen molar-refractivity contribution in [1.29, 1.82) is 5.26 Å². The fourth-order valence-corrected chi connectivity index (χ4v) is 4.49. The maximum atomic E-state index is 12.7. The van der Waals surface area contributed by atoms with E-state index >= 15 is 0 Å². The van der Waals surface area contributed by atoms with Crippen LogP contribution in [0, 0.1) is 11.3 Å². The number of nitriles is 1. The molecule has 2 aliphatic heterocycles. The minimum atomic E-state index is -0.700. The normalized spacial score (nSPS) is 16.7. The zero-order valence-corrected chi connectivity index (χ0v) is 21.6. The van der Waals surface area contributed by atoms with Gasteiger partial charge in [0.15, 0.2) is 6.61 Å². The third-order valence-electron chi connectivity index (χ3n) is 6.42. The van der Waals surface area contributed by atoms with Crippen molar-refractivity contribution in [2.24, 2.45) is 5.10 Å². The molecule has 2 aromatic carbocycles. The van der Waals surface area contributed by atoms with Crippen LogP contribution in [-0.4, -0.2) is 72.5 Å². The van der Waals surface area contributed by atoms with Crippen LogP contribution in [-0.2, 0) is 9.59 Å². The number of aliphatic hydroxyl groups excluding tert-OH is 1. The number of piperidine rings is 1. The summed E-state index contributed by atoms with van der Waals surface area (Å²) in [5.74, 6) is 0.732. The molecule has 1 saturated heterocycles. The van der Waals surface area contributed by atoms with Gasteiger partial charge in [0.05, 0.1) is 22.4 Å². The zero-order chi connectivity index (χ0) is 26.9. The molecule has 2 heterocycles. The van der Waals surface area contributed by atoms with E-state index in [1.165, 1.54) is 0 Å². The molecule has 2 aliphatic rings. The molecular formula is C27H30ClN5O5. The molecule has 0 bridgehead atoms. The summed E-state index contributed by atoms with van der Waals surface area (Å²) in [6.45, 7) is 1.55. The number of carbonyl (C=O) groups excluding carboxylic acids is 2. The van der Waals surface area contributed by atoms with Gasteiger partial charge in [0.1, 0.15) is 24.2 Å². The Bertz CT molecular complexity index is 1220. The molecule has 200 valence electrons. The Morgan fingerprint density at radius 1 is 1.24 bits per heavy atom. The van der Waals surface area contributed by atoms with Crippen LogP contribution < -0.4 is 20.2 Å². The predicted molar refractivity (Wildman–Crippen MR) is 141 cm³/mol. The van der Waals surface area contributed by atoms with Gasteiger partial charge in [-0.25, -0.2) is 5.43 Å². The van der Waals surface area contributed by atoms with E-state index in [0.717, 1.165) is 24.1 Å². The second kappa shape index (κ2) is 13.2. The number of ether oxygens (including phenoxy) is 2. The van der Waals surface area contributed by atoms with E-state index < -0.39 is 6.10 Å². The molecule has 2 aromatic rings. The number of benzene rings is 2. The third-order valence-corrected chi connectivity index (χ3v) is 6.71. The SMILES string of the molecule is N#Cc1cccc(OCC(O)CNC2CCN(C(=O)COc3ccc(C4=NNC(=O)CC4)cc3Cl)CC2)c1. The summed E-state index contributed by atoms with van der Waals surface area (Å²) in [7, 11) is 0. The minimum Gasteiger partial charge on any atom is -0.491 e. The van der Waals surface area contributed by atoms with Gasteiger partial charge in [-0.2, -0.15) is 10.4 Å². The van der Waals surface area contributed by atoms with Gasteiger partial charge in [-0.05, 0) is 54.8 Å². The number of aliphatic hydroxyl groups is 1. The molecule has 4 rings (SSSR count). The minimum absolute atomic E-state index is 0.110. The summed E-state index contributed by atoms with van der Waals surface area (Å²) in [5, 5.41) is 27.0. The largest absolute Gasteiger partial charge is 0.491 e. The Balaban J connectivity index is 1.15. The first kappa shape index (κ1) is 27.4. The first-order chi connectivity index (χ1) is 18.4. The predicted octanol–water partition coefficient (Wildman–Crippen LogP) is 2.23. The molecule has 38 heavy (non-hydrogen) atoms. The van der Waals surface area contributed by atoms with E-state index in [1.807, 2.05) is 6.07 Å². The first-order valence-corrected chi connectivity index (χ1v) is 12.9. The van der Waals surface area contributed by atoms with Crippen LogP contribution in [0.3, 0.4) is 0 Å². The number of likely N-dealkylation sites (tertiary alicyclic amines) is 1. The lowest BCUT2D eigenvalue weighted by atomic mass is 10.0. The highest BCUT2D eigenvalue weighted by Gasteiger charge is 2.24. The molecule has 3 N–H and O–H groups in total. The van der Waals surface area contributed by atoms with Crippen molar-refractivity contribution in [2.75, 3.05) is 32.8 Å². The highest BCUT2D eigenvalue weighted by molar-refractivity contribution is 6.32. The smallest absolute Gasteiger partial charge is 0.260 e. The number of hydrogen-bond acceptors (Lipinski definition) is 8. The maximum absolute atomic E-state index is 12.7. The van der Waals surface area contributed by atoms with Crippen LogP contribution in [0.4, 0.5) is 0 Å². The monoisotopic (exact) mass is 539 g/mol. The van der Waals surface area contributed by atoms with Gasteiger partial charge in [-0.15, -0.1) is 0 Å². The number of nitrogens with one attached hydrogen (secondary N) is 2. The number of nitrogens with zero attached hydrogens (tertiary/aromatic N) is 3. The van der Waals surface area contributed by atoms with Gasteiger partial charge >= 0.3 is 0 Å². The van der Waals surface area contributed by atoms with Crippen molar-refractivity contribution in [1.82, 2.24) is 15.6 Å². The average molecular weight is 540 g/mol. The highest BCUT2D eigenvalue weighted by atomic mass is 35.5. The van der Waals surface area contributed by atoms with Crippen LogP contribution in [0.15, 0.2) is 47.6 Å². The van der Waals surface area contributed by atoms with Gasteiger partial charge in [0.2, 0.25) is 5.91 Å². The number of rotatable bonds is 10. The van der Waals surface area contributed by atoms with E-state index in [0.29, 0.717) is 54.6 Å². The Morgan fingerprint density at radius 2 is 2.05 bits per heavy atom. The van der Waals surface area contributed by atoms with Crippen LogP contribution in [0.1, 0.15) is 36.8 Å². The first-order valence-electron chi connectivity index (χ1n) is 12.5. The van der Waals surface area contributed by atoms with E-state index in [1.54, 1.807) is 41.3 Å². The molecular weight excluding hydrogens is 510 g/mol. The summed E-state index contributed by atoms with van der Waals surface area (Å²) in [6.07, 6.45) is 1.74. The third kappa shape index (κ3) is 7.68. The molecule has 2 amide bonds. The Hall–Kier alpha value is -3.65. The number of hydrogen-bond donors (Lipinski definition) is 3. The molecule has 11 heteroatoms. The van der Waals surface area contributed by atoms with E-state index in [4.69, 9.17) is 26.3 Å². The fourth-order valence-electron chi connectivity index (χ4n) is 4.25. The molecule has 1 fully saturated rings. The summed E-state index contributed by atoms with van der Waals surface area (Å²) in [5.41, 5.74) is 4.52. The van der Waals surface area contributed by atoms with Crippen molar-refractivity contribution >= 4 is 29.1 Å². The lowest BCUT2D eigenvalue weighted by molar-refractivity contribution is -0.134. The fraction of sp³-hybridized carbons (Fsp3) is 0.407. The average Bonchev–Trinajstić information content (AvgIpc) is 2.95. The number of hydrazone groups is 1. The Labute approximate surface area is 226 Å². The van der Waals surface area contributed by atoms with Crippen molar-refractivity contribution in [3.05, 3.63) is 58.6 Å². The lowest BCUT2D eigenvalue weighted by Gasteiger charge is -2.33. The number of amides is 2. The molecule has 1 atom stereocenters. The van der Waals surface area contributed by atoms with Gasteiger partial charge < -0.3 is 24.8 Å². The quantitative estimate of drug-likeness (QED) is 0.421. The second-order valence-electron chi connectivity index (χ2n) is 9.20. The summed E-state index contributed by atoms with van der Waals surface area (Å²) in [6, 6.07) is 14.3. The molecule has 0 aliphatic carbocycles. The van der Waals surface area contributed by atoms with Crippen LogP contribution in [0.5, 0.6) is 11.5 Å². The van der Waals surface area contributed by atoms with Crippen LogP contribution in [0.25, 0.3) is 0 Å². The van der Waals surface area contributed by atoms with Crippen molar-refractivity contribution < 1.29 is 24.2 Å². The van der Waals surface area contributed by atoms with E-state index in [2.05, 4.69) is 21.9 Å². The molecule has 0 saturated carbocycles. The molecule has 10 nitrogen and oxygen atoms in total. The van der Waals surface area contributed by atoms with Gasteiger partial charge in [-0.3, -0.25) is 9.59 Å². The lowest BCUT2D eigenvalue weighted by Crippen LogP contribution is -2.48. The maximum Gasteiger partial charge on any atom is 0.260 e. The van der Waals surface area contributed by atoms with Gasteiger partial charge in [0, 0.05) is 38.5 Å². The van der Waals surface area contributed by atoms with Crippen LogP contribution >= 0.6 is 11.6 Å². The Kier molecular flexibility index (Phi) is 9.54. The molecule has 0 radical (unpaired) electrons. The number of halogens is 1. The van der Waals surface area contributed by atoms with Crippen molar-refractivity contribution in [2.45, 2.75) is 37.8 Å². The van der Waals surface area contributed by atoms with Crippen LogP contribution in [0.2, 0.25) is 5.02 Å². The van der Waals surface area contributed by atoms with Crippen molar-refractivity contribution in [3.63, 3.8) is 0 Å². The summed E-state index contributed by atoms with van der Waals surface area (Å²) < 4.78 is 11.3. The Morgan fingerprint density at radius 3 is 2.76 bits per heavy atom. The second-order valence-corrected chi connectivity index (χ2v) is 9.60. The van der Waals surface area contributed by atoms with Gasteiger partial charge in [0.25, 0.3) is 5.91 Å². The van der Waals surface area contributed by atoms with E-state index in [-0.39, 0.29) is 31.1 Å². The topological polar surface area (TPSA) is 136 Å². The molecule has 0 aromatic heterocycles. The molecule has 0 spiro atoms. The van der Waals surface area contributed by atoms with E-state index in [9.17, 15) is 14.7 Å². The highest BCUT2D eigenvalue weighted by Crippen LogP contribution is 2.27. The number of carbonyl (C=O) groups is 2. The summed E-state index contributed by atoms with van der Waals surface area (Å²) in [4.78, 5) is 25.7. The van der Waals surface area contributed by atoms with Gasteiger partial charge in [-0.1, -0.05) is 17.7 Å². The zero-order valence-electron chi connectivity index (χ0n) is 20.9. The summed E-state index contributed by atoms with van der Waals surface area (Å²) >= 11 is 6.35. The standard InChI is InChI=1S/C27H30ClN5O5/c28-23-13-19(24-5-7-26(35)32-31-24)4-6-25(23)38-17-27(36)33-10-8-20(9-11-33)30-15-21(34)16-37-22-3-1-2-18(12-22)14-29/h1-4,6,12-13,20-21,30,34H,5,7-11,15-17H2,(H,32,35). The molecule has 1 unspecified atom stereocenters. The van der Waals surface area contributed by atoms with Crippen molar-refractivity contribution in [3.8, 4) is 17.6 Å².